The Labute approximate surface area is 199 Å². The zero-order valence-corrected chi connectivity index (χ0v) is 19.9. The van der Waals surface area contributed by atoms with Crippen LogP contribution in [0.3, 0.4) is 0 Å². The lowest BCUT2D eigenvalue weighted by molar-refractivity contribution is 0.0697. The molecule has 3 aromatic carbocycles. The molecule has 0 radical (unpaired) electrons. The Hall–Kier alpha value is -2.41. The maximum atomic E-state index is 11.2. The first-order valence-corrected chi connectivity index (χ1v) is 10.8. The van der Waals surface area contributed by atoms with Crippen molar-refractivity contribution in [3.05, 3.63) is 85.3 Å². The molecule has 5 nitrogen and oxygen atoms in total. The molecule has 0 unspecified atom stereocenters. The van der Waals surface area contributed by atoms with Gasteiger partial charge in [0.15, 0.2) is 11.5 Å². The van der Waals surface area contributed by atoms with Crippen molar-refractivity contribution in [2.75, 3.05) is 12.4 Å². The molecule has 162 valence electrons. The third kappa shape index (κ3) is 5.64. The van der Waals surface area contributed by atoms with Gasteiger partial charge in [0.25, 0.3) is 0 Å². The maximum absolute atomic E-state index is 11.2. The van der Waals surface area contributed by atoms with Crippen molar-refractivity contribution in [1.29, 1.82) is 0 Å². The molecule has 3 aromatic rings. The Morgan fingerprint density at radius 1 is 1.13 bits per heavy atom. The number of halogens is 3. The molecule has 31 heavy (non-hydrogen) atoms. The number of rotatable bonds is 8. The number of nitrogens with one attached hydrogen (secondary N) is 1. The van der Waals surface area contributed by atoms with Gasteiger partial charge in [-0.05, 0) is 55.0 Å². The van der Waals surface area contributed by atoms with Crippen molar-refractivity contribution < 1.29 is 19.4 Å². The number of anilines is 1. The highest BCUT2D eigenvalue weighted by Crippen LogP contribution is 2.38. The summed E-state index contributed by atoms with van der Waals surface area (Å²) in [5.41, 5.74) is 3.55. The van der Waals surface area contributed by atoms with Crippen molar-refractivity contribution in [1.82, 2.24) is 0 Å². The van der Waals surface area contributed by atoms with E-state index >= 15 is 0 Å². The van der Waals surface area contributed by atoms with Crippen molar-refractivity contribution in [3.8, 4) is 11.5 Å². The van der Waals surface area contributed by atoms with Gasteiger partial charge in [-0.25, -0.2) is 4.79 Å². The maximum Gasteiger partial charge on any atom is 0.335 e. The van der Waals surface area contributed by atoms with Gasteiger partial charge in [-0.15, -0.1) is 0 Å². The van der Waals surface area contributed by atoms with E-state index in [2.05, 4.69) is 21.2 Å². The lowest BCUT2D eigenvalue weighted by atomic mass is 10.1. The number of aromatic carboxylic acids is 1. The zero-order chi connectivity index (χ0) is 22.5. The van der Waals surface area contributed by atoms with Crippen molar-refractivity contribution in [2.24, 2.45) is 0 Å². The lowest BCUT2D eigenvalue weighted by Gasteiger charge is -2.18. The molecule has 0 aliphatic heterocycles. The number of carboxylic acids is 1. The zero-order valence-electron chi connectivity index (χ0n) is 16.8. The number of carbonyl (C=O) groups is 1. The molecule has 0 aliphatic carbocycles. The molecular formula is C23H20BrCl2NO4. The number of carboxylic acid groups (broad SMARTS) is 1. The quantitative estimate of drug-likeness (QED) is 0.333. The molecular weight excluding hydrogens is 505 g/mol. The first-order chi connectivity index (χ1) is 14.8. The smallest absolute Gasteiger partial charge is 0.335 e. The number of aryl methyl sites for hydroxylation is 1. The van der Waals surface area contributed by atoms with Gasteiger partial charge in [0.1, 0.15) is 6.61 Å². The second-order valence-corrected chi connectivity index (χ2v) is 8.47. The number of hydrogen-bond donors (Lipinski definition) is 2. The molecule has 0 saturated carbocycles. The monoisotopic (exact) mass is 523 g/mol. The number of benzene rings is 3. The molecule has 2 N–H and O–H groups in total. The second-order valence-electron chi connectivity index (χ2n) is 6.77. The largest absolute Gasteiger partial charge is 0.493 e. The molecule has 3 rings (SSSR count). The van der Waals surface area contributed by atoms with Gasteiger partial charge in [-0.1, -0.05) is 45.2 Å². The summed E-state index contributed by atoms with van der Waals surface area (Å²) < 4.78 is 12.5. The third-order valence-electron chi connectivity index (χ3n) is 4.70. The fourth-order valence-electron chi connectivity index (χ4n) is 3.03. The van der Waals surface area contributed by atoms with Crippen molar-refractivity contribution >= 4 is 50.8 Å². The van der Waals surface area contributed by atoms with Crippen LogP contribution in [0.5, 0.6) is 11.5 Å². The molecule has 0 aliphatic rings. The standard InChI is InChI=1S/C23H20BrCl2NO4/c1-13-9-14(23(28)29)4-7-20(13)27-11-17-18(24)6-8-21(30-2)22(17)31-12-15-3-5-16(25)10-19(15)26/h3-10,27H,11-12H2,1-2H3,(H,28,29). The number of hydrogen-bond acceptors (Lipinski definition) is 4. The topological polar surface area (TPSA) is 67.8 Å². The summed E-state index contributed by atoms with van der Waals surface area (Å²) in [6.45, 7) is 2.52. The molecule has 0 saturated heterocycles. The summed E-state index contributed by atoms with van der Waals surface area (Å²) in [6.07, 6.45) is 0. The summed E-state index contributed by atoms with van der Waals surface area (Å²) in [7, 11) is 1.58. The van der Waals surface area contributed by atoms with E-state index in [4.69, 9.17) is 37.8 Å². The highest BCUT2D eigenvalue weighted by Gasteiger charge is 2.16. The van der Waals surface area contributed by atoms with Crippen LogP contribution >= 0.6 is 39.1 Å². The van der Waals surface area contributed by atoms with Gasteiger partial charge in [0.05, 0.1) is 12.7 Å². The molecule has 0 heterocycles. The van der Waals surface area contributed by atoms with E-state index in [0.29, 0.717) is 28.1 Å². The fraction of sp³-hybridized carbons (Fsp3) is 0.174. The van der Waals surface area contributed by atoms with E-state index in [1.807, 2.05) is 25.1 Å². The minimum atomic E-state index is -0.957. The highest BCUT2D eigenvalue weighted by atomic mass is 79.9. The normalized spacial score (nSPS) is 10.6. The van der Waals surface area contributed by atoms with E-state index in [1.54, 1.807) is 37.4 Å². The van der Waals surface area contributed by atoms with Crippen LogP contribution in [0, 0.1) is 6.92 Å². The SMILES string of the molecule is COc1ccc(Br)c(CNc2ccc(C(=O)O)cc2C)c1OCc1ccc(Cl)cc1Cl. The Balaban J connectivity index is 1.85. The minimum absolute atomic E-state index is 0.238. The van der Waals surface area contributed by atoms with Crippen LogP contribution in [-0.2, 0) is 13.2 Å². The Bertz CT molecular complexity index is 1120. The summed E-state index contributed by atoms with van der Waals surface area (Å²) in [4.78, 5) is 11.2. The average molecular weight is 525 g/mol. The Morgan fingerprint density at radius 3 is 2.55 bits per heavy atom. The number of methoxy groups -OCH3 is 1. The van der Waals surface area contributed by atoms with E-state index in [-0.39, 0.29) is 12.2 Å². The third-order valence-corrected chi connectivity index (χ3v) is 6.03. The summed E-state index contributed by atoms with van der Waals surface area (Å²) in [5, 5.41) is 13.6. The van der Waals surface area contributed by atoms with Gasteiger partial charge >= 0.3 is 5.97 Å². The predicted octanol–water partition coefficient (Wildman–Crippen LogP) is 6.96. The van der Waals surface area contributed by atoms with Gasteiger partial charge in [-0.3, -0.25) is 0 Å². The second kappa shape index (κ2) is 10.3. The first-order valence-electron chi connectivity index (χ1n) is 9.30. The van der Waals surface area contributed by atoms with Gasteiger partial charge in [0.2, 0.25) is 0 Å². The summed E-state index contributed by atoms with van der Waals surface area (Å²) in [5.74, 6) is 0.208. The van der Waals surface area contributed by atoms with Gasteiger partial charge < -0.3 is 19.9 Å². The molecule has 0 fully saturated rings. The van der Waals surface area contributed by atoms with Crippen molar-refractivity contribution in [2.45, 2.75) is 20.1 Å². The van der Waals surface area contributed by atoms with Gasteiger partial charge in [0, 0.05) is 37.9 Å². The van der Waals surface area contributed by atoms with Crippen LogP contribution in [0.4, 0.5) is 5.69 Å². The van der Waals surface area contributed by atoms with Crippen LogP contribution in [0.1, 0.15) is 27.0 Å². The van der Waals surface area contributed by atoms with E-state index in [1.165, 1.54) is 0 Å². The average Bonchev–Trinajstić information content (AvgIpc) is 2.73. The highest BCUT2D eigenvalue weighted by molar-refractivity contribution is 9.10. The van der Waals surface area contributed by atoms with E-state index in [9.17, 15) is 4.79 Å². The molecule has 0 amide bonds. The van der Waals surface area contributed by atoms with E-state index in [0.717, 1.165) is 26.9 Å². The first kappa shape index (κ1) is 23.3. The molecule has 0 bridgehead atoms. The number of ether oxygens (including phenoxy) is 2. The molecule has 0 spiro atoms. The van der Waals surface area contributed by atoms with Crippen LogP contribution in [0.25, 0.3) is 0 Å². The fourth-order valence-corrected chi connectivity index (χ4v) is 3.95. The van der Waals surface area contributed by atoms with Crippen LogP contribution in [0.2, 0.25) is 10.0 Å². The minimum Gasteiger partial charge on any atom is -0.493 e. The lowest BCUT2D eigenvalue weighted by Crippen LogP contribution is -2.07. The summed E-state index contributed by atoms with van der Waals surface area (Å²) in [6, 6.07) is 13.9. The Kier molecular flexibility index (Phi) is 7.70. The molecule has 8 heteroatoms. The predicted molar refractivity (Wildman–Crippen MR) is 127 cm³/mol. The van der Waals surface area contributed by atoms with Gasteiger partial charge in [-0.2, -0.15) is 0 Å². The van der Waals surface area contributed by atoms with Crippen molar-refractivity contribution in [3.63, 3.8) is 0 Å². The molecule has 0 atom stereocenters. The Morgan fingerprint density at radius 2 is 1.90 bits per heavy atom. The van der Waals surface area contributed by atoms with Crippen LogP contribution in [-0.4, -0.2) is 18.2 Å². The molecule has 0 aromatic heterocycles. The van der Waals surface area contributed by atoms with Crippen LogP contribution in [0.15, 0.2) is 53.0 Å². The van der Waals surface area contributed by atoms with Crippen LogP contribution < -0.4 is 14.8 Å². The summed E-state index contributed by atoms with van der Waals surface area (Å²) >= 11 is 15.8. The van der Waals surface area contributed by atoms with E-state index < -0.39 is 5.97 Å².